The van der Waals surface area contributed by atoms with Crippen LogP contribution in [-0.2, 0) is 0 Å². The molecule has 2 N–H and O–H groups in total. The molecule has 1 aromatic rings. The van der Waals surface area contributed by atoms with Gasteiger partial charge in [0.25, 0.3) is 5.91 Å². The van der Waals surface area contributed by atoms with Crippen LogP contribution in [0.4, 0.5) is 8.78 Å². The first-order chi connectivity index (χ1) is 9.50. The summed E-state index contributed by atoms with van der Waals surface area (Å²) in [6, 6.07) is 5.44. The maximum Gasteiger partial charge on any atom is 0.387 e. The van der Waals surface area contributed by atoms with E-state index in [4.69, 9.17) is 0 Å². The Balaban J connectivity index is 2.20. The van der Waals surface area contributed by atoms with Crippen molar-refractivity contribution in [2.24, 2.45) is 0 Å². The number of likely N-dealkylation sites (N-methyl/N-ethyl adjacent to an activating group) is 1. The standard InChI is InChI=1S/C13H16F2N2O3/c1-17(9-6-16-7-10(9)18)12(19)8-4-2-3-5-11(8)20-13(14)15/h2-5,9-10,13,16,18H,6-7H2,1H3/t9-,10-/m1/s1. The molecule has 2 rings (SSSR count). The third kappa shape index (κ3) is 3.05. The molecule has 1 amide bonds. The fraction of sp³-hybridized carbons (Fsp3) is 0.462. The first kappa shape index (κ1) is 14.7. The first-order valence-electron chi connectivity index (χ1n) is 6.20. The van der Waals surface area contributed by atoms with Crippen molar-refractivity contribution in [3.05, 3.63) is 29.8 Å². The molecule has 7 heteroatoms. The second kappa shape index (κ2) is 6.15. The van der Waals surface area contributed by atoms with Crippen molar-refractivity contribution < 1.29 is 23.4 Å². The molecule has 1 heterocycles. The number of para-hydroxylation sites is 1. The Morgan fingerprint density at radius 1 is 1.45 bits per heavy atom. The quantitative estimate of drug-likeness (QED) is 0.855. The highest BCUT2D eigenvalue weighted by Gasteiger charge is 2.32. The number of aliphatic hydroxyl groups excluding tert-OH is 1. The van der Waals surface area contributed by atoms with Crippen molar-refractivity contribution in [3.8, 4) is 5.75 Å². The number of hydrogen-bond acceptors (Lipinski definition) is 4. The van der Waals surface area contributed by atoms with E-state index in [1.165, 1.54) is 30.1 Å². The number of nitrogens with one attached hydrogen (secondary N) is 1. The Bertz CT molecular complexity index is 484. The van der Waals surface area contributed by atoms with Crippen LogP contribution in [0.15, 0.2) is 24.3 Å². The second-order valence-electron chi connectivity index (χ2n) is 4.58. The third-order valence-electron chi connectivity index (χ3n) is 3.30. The van der Waals surface area contributed by atoms with Crippen LogP contribution >= 0.6 is 0 Å². The average Bonchev–Trinajstić information content (AvgIpc) is 2.83. The fourth-order valence-electron chi connectivity index (χ4n) is 2.23. The van der Waals surface area contributed by atoms with Gasteiger partial charge in [0.15, 0.2) is 0 Å². The summed E-state index contributed by atoms with van der Waals surface area (Å²) in [6.45, 7) is -2.13. The number of rotatable bonds is 4. The molecule has 1 aliphatic heterocycles. The topological polar surface area (TPSA) is 61.8 Å². The molecule has 1 saturated heterocycles. The van der Waals surface area contributed by atoms with E-state index in [-0.39, 0.29) is 17.4 Å². The van der Waals surface area contributed by atoms with Crippen molar-refractivity contribution in [2.45, 2.75) is 18.8 Å². The van der Waals surface area contributed by atoms with Gasteiger partial charge in [-0.05, 0) is 12.1 Å². The van der Waals surface area contributed by atoms with E-state index in [1.807, 2.05) is 0 Å². The summed E-state index contributed by atoms with van der Waals surface area (Å²) in [5, 5.41) is 12.7. The van der Waals surface area contributed by atoms with E-state index in [2.05, 4.69) is 10.1 Å². The predicted octanol–water partition coefficient (Wildman–Crippen LogP) is 0.693. The Kier molecular flexibility index (Phi) is 4.51. The zero-order chi connectivity index (χ0) is 14.7. The molecule has 1 aliphatic rings. The number of alkyl halides is 2. The van der Waals surface area contributed by atoms with Crippen LogP contribution in [0, 0.1) is 0 Å². The average molecular weight is 286 g/mol. The van der Waals surface area contributed by atoms with E-state index in [9.17, 15) is 18.7 Å². The van der Waals surface area contributed by atoms with E-state index >= 15 is 0 Å². The van der Waals surface area contributed by atoms with Gasteiger partial charge in [0.2, 0.25) is 0 Å². The van der Waals surface area contributed by atoms with Crippen LogP contribution in [0.2, 0.25) is 0 Å². The molecule has 0 aliphatic carbocycles. The summed E-state index contributed by atoms with van der Waals surface area (Å²) in [7, 11) is 1.53. The number of carbonyl (C=O) groups excluding carboxylic acids is 1. The molecule has 0 spiro atoms. The highest BCUT2D eigenvalue weighted by molar-refractivity contribution is 5.97. The van der Waals surface area contributed by atoms with Gasteiger partial charge in [0, 0.05) is 20.1 Å². The summed E-state index contributed by atoms with van der Waals surface area (Å²) >= 11 is 0. The van der Waals surface area contributed by atoms with Gasteiger partial charge >= 0.3 is 6.61 Å². The number of aliphatic hydroxyl groups is 1. The molecular formula is C13H16F2N2O3. The Labute approximate surface area is 115 Å². The van der Waals surface area contributed by atoms with Crippen LogP contribution in [0.5, 0.6) is 5.75 Å². The number of halogens is 2. The molecule has 20 heavy (non-hydrogen) atoms. The van der Waals surface area contributed by atoms with E-state index in [0.717, 1.165) is 0 Å². The molecular weight excluding hydrogens is 270 g/mol. The first-order valence-corrected chi connectivity index (χ1v) is 6.20. The molecule has 110 valence electrons. The molecule has 2 atom stereocenters. The second-order valence-corrected chi connectivity index (χ2v) is 4.58. The van der Waals surface area contributed by atoms with Crippen molar-refractivity contribution in [1.29, 1.82) is 0 Å². The normalized spacial score (nSPS) is 22.1. The summed E-state index contributed by atoms with van der Waals surface area (Å²) in [4.78, 5) is 13.7. The van der Waals surface area contributed by atoms with Gasteiger partial charge in [-0.3, -0.25) is 4.79 Å². The maximum absolute atomic E-state index is 12.3. The van der Waals surface area contributed by atoms with Crippen molar-refractivity contribution in [3.63, 3.8) is 0 Å². The maximum atomic E-state index is 12.3. The van der Waals surface area contributed by atoms with Gasteiger partial charge in [0.1, 0.15) is 5.75 Å². The largest absolute Gasteiger partial charge is 0.434 e. The molecule has 0 aromatic heterocycles. The fourth-order valence-corrected chi connectivity index (χ4v) is 2.23. The molecule has 1 fully saturated rings. The molecule has 1 aromatic carbocycles. The monoisotopic (exact) mass is 286 g/mol. The molecule has 0 radical (unpaired) electrons. The van der Waals surface area contributed by atoms with Crippen LogP contribution < -0.4 is 10.1 Å². The number of nitrogens with zero attached hydrogens (tertiary/aromatic N) is 1. The van der Waals surface area contributed by atoms with Gasteiger partial charge in [-0.25, -0.2) is 0 Å². The molecule has 0 unspecified atom stereocenters. The van der Waals surface area contributed by atoms with Gasteiger partial charge < -0.3 is 20.1 Å². The summed E-state index contributed by atoms with van der Waals surface area (Å²) < 4.78 is 29.0. The lowest BCUT2D eigenvalue weighted by Crippen LogP contribution is -2.44. The minimum atomic E-state index is -2.99. The van der Waals surface area contributed by atoms with Crippen LogP contribution in [0.3, 0.4) is 0 Å². The zero-order valence-corrected chi connectivity index (χ0v) is 10.9. The minimum Gasteiger partial charge on any atom is -0.434 e. The highest BCUT2D eigenvalue weighted by Crippen LogP contribution is 2.23. The number of carbonyl (C=O) groups is 1. The number of β-amino-alcohol motifs (C(OH)–C–C–N with tert-alkyl or cyclic N) is 1. The lowest BCUT2D eigenvalue weighted by Gasteiger charge is -2.27. The Hall–Kier alpha value is -1.73. The molecule has 0 saturated carbocycles. The summed E-state index contributed by atoms with van der Waals surface area (Å²) in [5.74, 6) is -0.631. The Morgan fingerprint density at radius 3 is 2.75 bits per heavy atom. The van der Waals surface area contributed by atoms with E-state index < -0.39 is 18.6 Å². The van der Waals surface area contributed by atoms with Gasteiger partial charge in [-0.1, -0.05) is 12.1 Å². The highest BCUT2D eigenvalue weighted by atomic mass is 19.3. The Morgan fingerprint density at radius 2 is 2.15 bits per heavy atom. The van der Waals surface area contributed by atoms with Gasteiger partial charge in [-0.15, -0.1) is 0 Å². The van der Waals surface area contributed by atoms with Gasteiger partial charge in [-0.2, -0.15) is 8.78 Å². The van der Waals surface area contributed by atoms with E-state index in [0.29, 0.717) is 13.1 Å². The number of hydrogen-bond donors (Lipinski definition) is 2. The van der Waals surface area contributed by atoms with E-state index in [1.54, 1.807) is 6.07 Å². The molecule has 5 nitrogen and oxygen atoms in total. The number of ether oxygens (including phenoxy) is 1. The number of benzene rings is 1. The van der Waals surface area contributed by atoms with Crippen molar-refractivity contribution >= 4 is 5.91 Å². The summed E-state index contributed by atoms with van der Waals surface area (Å²) in [6.07, 6.45) is -0.674. The van der Waals surface area contributed by atoms with Gasteiger partial charge in [0.05, 0.1) is 17.7 Å². The van der Waals surface area contributed by atoms with Crippen molar-refractivity contribution in [2.75, 3.05) is 20.1 Å². The lowest BCUT2D eigenvalue weighted by atomic mass is 10.1. The zero-order valence-electron chi connectivity index (χ0n) is 10.9. The van der Waals surface area contributed by atoms with Crippen LogP contribution in [0.25, 0.3) is 0 Å². The van der Waals surface area contributed by atoms with Crippen LogP contribution in [-0.4, -0.2) is 54.8 Å². The number of amides is 1. The van der Waals surface area contributed by atoms with Crippen LogP contribution in [0.1, 0.15) is 10.4 Å². The molecule has 0 bridgehead atoms. The van der Waals surface area contributed by atoms with Crippen molar-refractivity contribution in [1.82, 2.24) is 10.2 Å². The SMILES string of the molecule is CN(C(=O)c1ccccc1OC(F)F)[C@@H]1CNC[C@H]1O. The minimum absolute atomic E-state index is 0.0504. The lowest BCUT2D eigenvalue weighted by molar-refractivity contribution is -0.0503. The smallest absolute Gasteiger partial charge is 0.387 e. The predicted molar refractivity (Wildman–Crippen MR) is 67.8 cm³/mol. The third-order valence-corrected chi connectivity index (χ3v) is 3.30. The summed E-state index contributed by atoms with van der Waals surface area (Å²) in [5.41, 5.74) is 0.0504.